The second-order valence-corrected chi connectivity index (χ2v) is 9.80. The maximum absolute atomic E-state index is 13.5. The molecule has 1 N–H and O–H groups in total. The number of hydrogen-bond acceptors (Lipinski definition) is 4. The van der Waals surface area contributed by atoms with Gasteiger partial charge in [-0.1, -0.05) is 24.3 Å². The van der Waals surface area contributed by atoms with Crippen molar-refractivity contribution in [3.63, 3.8) is 0 Å². The van der Waals surface area contributed by atoms with Crippen LogP contribution >= 0.6 is 0 Å². The third kappa shape index (κ3) is 6.06. The minimum absolute atomic E-state index is 0.0438. The standard InChI is InChI=1S/C29H28F4N4O2/c30-26-11-6-20(16-25(26)29(31,32)33)17-34-23-9-7-22(8-10-23)28(39)37-18-24(19-37)35-12-14-36(15-13-35)27(38)21-4-2-1-3-5-21/h1-11,16,24,34H,12-15,17-19H2. The molecule has 5 rings (SSSR count). The van der Waals surface area contributed by atoms with Crippen molar-refractivity contribution in [3.8, 4) is 0 Å². The summed E-state index contributed by atoms with van der Waals surface area (Å²) < 4.78 is 52.3. The summed E-state index contributed by atoms with van der Waals surface area (Å²) in [5.74, 6) is -1.34. The summed E-state index contributed by atoms with van der Waals surface area (Å²) in [5, 5.41) is 3.01. The van der Waals surface area contributed by atoms with Crippen molar-refractivity contribution in [2.75, 3.05) is 44.6 Å². The summed E-state index contributed by atoms with van der Waals surface area (Å²) in [4.78, 5) is 31.5. The SMILES string of the molecule is O=C(c1ccccc1)N1CCN(C2CN(C(=O)c3ccc(NCc4ccc(F)c(C(F)(F)F)c4)cc3)C2)CC1. The Bertz CT molecular complexity index is 1320. The van der Waals surface area contributed by atoms with Crippen LogP contribution in [0.4, 0.5) is 23.2 Å². The lowest BCUT2D eigenvalue weighted by Gasteiger charge is -2.48. The Hall–Kier alpha value is -3.92. The molecule has 2 saturated heterocycles. The van der Waals surface area contributed by atoms with E-state index in [0.717, 1.165) is 25.2 Å². The first-order chi connectivity index (χ1) is 18.7. The molecule has 2 aliphatic rings. The van der Waals surface area contributed by atoms with Gasteiger partial charge in [0.1, 0.15) is 5.82 Å². The molecular formula is C29H28F4N4O2. The topological polar surface area (TPSA) is 55.9 Å². The zero-order valence-electron chi connectivity index (χ0n) is 21.1. The first kappa shape index (κ1) is 26.7. The summed E-state index contributed by atoms with van der Waals surface area (Å²) in [7, 11) is 0. The first-order valence-corrected chi connectivity index (χ1v) is 12.8. The molecule has 2 aliphatic heterocycles. The Morgan fingerprint density at radius 3 is 2.05 bits per heavy atom. The van der Waals surface area contributed by atoms with Crippen LogP contribution < -0.4 is 5.32 Å². The predicted octanol–water partition coefficient (Wildman–Crippen LogP) is 4.74. The van der Waals surface area contributed by atoms with Crippen molar-refractivity contribution >= 4 is 17.5 Å². The van der Waals surface area contributed by atoms with E-state index in [9.17, 15) is 27.2 Å². The molecule has 204 valence electrons. The van der Waals surface area contributed by atoms with Gasteiger partial charge >= 0.3 is 6.18 Å². The van der Waals surface area contributed by atoms with Crippen molar-refractivity contribution < 1.29 is 27.2 Å². The summed E-state index contributed by atoms with van der Waals surface area (Å²) >= 11 is 0. The number of halogens is 4. The highest BCUT2D eigenvalue weighted by atomic mass is 19.4. The van der Waals surface area contributed by atoms with E-state index < -0.39 is 17.6 Å². The molecule has 0 saturated carbocycles. The number of rotatable bonds is 6. The normalized spacial score (nSPS) is 16.6. The van der Waals surface area contributed by atoms with Gasteiger partial charge in [-0.05, 0) is 54.1 Å². The number of nitrogens with zero attached hydrogens (tertiary/aromatic N) is 3. The largest absolute Gasteiger partial charge is 0.419 e. The molecule has 3 aromatic rings. The van der Waals surface area contributed by atoms with E-state index in [0.29, 0.717) is 48.6 Å². The Morgan fingerprint density at radius 1 is 0.795 bits per heavy atom. The molecule has 2 heterocycles. The fourth-order valence-corrected chi connectivity index (χ4v) is 4.92. The number of anilines is 1. The van der Waals surface area contributed by atoms with Gasteiger partial charge in [0.25, 0.3) is 11.8 Å². The predicted molar refractivity (Wildman–Crippen MR) is 139 cm³/mol. The van der Waals surface area contributed by atoms with Crippen molar-refractivity contribution in [2.24, 2.45) is 0 Å². The molecule has 0 spiro atoms. The lowest BCUT2D eigenvalue weighted by atomic mass is 10.0. The number of nitrogens with one attached hydrogen (secondary N) is 1. The Morgan fingerprint density at radius 2 is 1.41 bits per heavy atom. The summed E-state index contributed by atoms with van der Waals surface area (Å²) in [6.45, 7) is 4.17. The zero-order valence-corrected chi connectivity index (χ0v) is 21.1. The number of carbonyl (C=O) groups is 2. The van der Waals surface area contributed by atoms with Crippen LogP contribution in [0.1, 0.15) is 31.8 Å². The van der Waals surface area contributed by atoms with Crippen LogP contribution in [0.15, 0.2) is 72.8 Å². The highest BCUT2D eigenvalue weighted by Crippen LogP contribution is 2.32. The van der Waals surface area contributed by atoms with Gasteiger partial charge < -0.3 is 15.1 Å². The minimum atomic E-state index is -4.76. The van der Waals surface area contributed by atoms with Gasteiger partial charge in [-0.3, -0.25) is 14.5 Å². The second kappa shape index (κ2) is 11.1. The fourth-order valence-electron chi connectivity index (χ4n) is 4.92. The Balaban J connectivity index is 1.08. The van der Waals surface area contributed by atoms with Crippen molar-refractivity contribution in [1.82, 2.24) is 14.7 Å². The number of amides is 2. The van der Waals surface area contributed by atoms with Gasteiger partial charge in [-0.25, -0.2) is 4.39 Å². The third-order valence-electron chi connectivity index (χ3n) is 7.25. The Labute approximate surface area is 223 Å². The van der Waals surface area contributed by atoms with Crippen LogP contribution in [-0.2, 0) is 12.7 Å². The van der Waals surface area contributed by atoms with Gasteiger partial charge in [0.05, 0.1) is 5.56 Å². The molecule has 0 atom stereocenters. The first-order valence-electron chi connectivity index (χ1n) is 12.8. The summed E-state index contributed by atoms with van der Waals surface area (Å²) in [5.41, 5.74) is 0.852. The molecular weight excluding hydrogens is 512 g/mol. The van der Waals surface area contributed by atoms with E-state index in [4.69, 9.17) is 0 Å². The number of hydrogen-bond donors (Lipinski definition) is 1. The third-order valence-corrected chi connectivity index (χ3v) is 7.25. The van der Waals surface area contributed by atoms with Gasteiger partial charge in [0.2, 0.25) is 0 Å². The molecule has 0 aromatic heterocycles. The number of piperazine rings is 1. The minimum Gasteiger partial charge on any atom is -0.381 e. The highest BCUT2D eigenvalue weighted by Gasteiger charge is 2.37. The molecule has 6 nitrogen and oxygen atoms in total. The Kier molecular flexibility index (Phi) is 7.56. The van der Waals surface area contributed by atoms with Crippen LogP contribution in [0.5, 0.6) is 0 Å². The smallest absolute Gasteiger partial charge is 0.381 e. The van der Waals surface area contributed by atoms with Crippen LogP contribution in [0.3, 0.4) is 0 Å². The van der Waals surface area contributed by atoms with Gasteiger partial charge in [-0.15, -0.1) is 0 Å². The maximum Gasteiger partial charge on any atom is 0.419 e. The molecule has 2 fully saturated rings. The highest BCUT2D eigenvalue weighted by molar-refractivity contribution is 5.95. The van der Waals surface area contributed by atoms with Crippen LogP contribution in [0.2, 0.25) is 0 Å². The van der Waals surface area contributed by atoms with Gasteiger partial charge in [0, 0.05) is 68.7 Å². The van der Waals surface area contributed by atoms with Crippen molar-refractivity contribution in [3.05, 3.63) is 101 Å². The van der Waals surface area contributed by atoms with E-state index >= 15 is 0 Å². The molecule has 0 unspecified atom stereocenters. The average Bonchev–Trinajstić information content (AvgIpc) is 2.92. The maximum atomic E-state index is 13.5. The van der Waals surface area contributed by atoms with Crippen molar-refractivity contribution in [1.29, 1.82) is 0 Å². The molecule has 10 heteroatoms. The average molecular weight is 541 g/mol. The van der Waals surface area contributed by atoms with Crippen LogP contribution in [0.25, 0.3) is 0 Å². The van der Waals surface area contributed by atoms with E-state index in [2.05, 4.69) is 10.2 Å². The molecule has 0 aliphatic carbocycles. The monoisotopic (exact) mass is 540 g/mol. The van der Waals surface area contributed by atoms with Gasteiger partial charge in [0.15, 0.2) is 0 Å². The van der Waals surface area contributed by atoms with E-state index in [-0.39, 0.29) is 24.4 Å². The number of alkyl halides is 3. The molecule has 0 radical (unpaired) electrons. The van der Waals surface area contributed by atoms with Gasteiger partial charge in [-0.2, -0.15) is 13.2 Å². The van der Waals surface area contributed by atoms with Crippen LogP contribution in [-0.4, -0.2) is 71.8 Å². The van der Waals surface area contributed by atoms with E-state index in [1.807, 2.05) is 35.2 Å². The number of carbonyl (C=O) groups excluding carboxylic acids is 2. The molecule has 2 amide bonds. The quantitative estimate of drug-likeness (QED) is 0.459. The number of likely N-dealkylation sites (tertiary alicyclic amines) is 1. The summed E-state index contributed by atoms with van der Waals surface area (Å²) in [6, 6.07) is 19.2. The molecule has 3 aromatic carbocycles. The number of benzene rings is 3. The summed E-state index contributed by atoms with van der Waals surface area (Å²) in [6.07, 6.45) is -4.76. The zero-order chi connectivity index (χ0) is 27.6. The van der Waals surface area contributed by atoms with E-state index in [1.54, 1.807) is 29.2 Å². The van der Waals surface area contributed by atoms with E-state index in [1.165, 1.54) is 6.07 Å². The molecule has 0 bridgehead atoms. The fraction of sp³-hybridized carbons (Fsp3) is 0.310. The lowest BCUT2D eigenvalue weighted by molar-refractivity contribution is -0.140. The second-order valence-electron chi connectivity index (χ2n) is 9.80. The molecule has 39 heavy (non-hydrogen) atoms. The van der Waals surface area contributed by atoms with Crippen LogP contribution in [0, 0.1) is 5.82 Å². The van der Waals surface area contributed by atoms with Crippen molar-refractivity contribution in [2.45, 2.75) is 18.8 Å². The lowest BCUT2D eigenvalue weighted by Crippen LogP contribution is -2.64.